The summed E-state index contributed by atoms with van der Waals surface area (Å²) in [4.78, 5) is 22.1. The number of Topliss-reactive ketones (excluding diaryl/α,β-unsaturated/α-hetero) is 1. The lowest BCUT2D eigenvalue weighted by molar-refractivity contribution is -0.131. The second-order valence-corrected chi connectivity index (χ2v) is 3.94. The van der Waals surface area contributed by atoms with Crippen LogP contribution in [0, 0.1) is 0 Å². The molecule has 0 radical (unpaired) electrons. The minimum Gasteiger partial charge on any atom is -0.478 e. The Kier molecular flexibility index (Phi) is 4.10. The minimum atomic E-state index is -1.16. The van der Waals surface area contributed by atoms with Crippen LogP contribution in [0.4, 0.5) is 0 Å². The molecule has 0 atom stereocenters. The largest absolute Gasteiger partial charge is 0.478 e. The molecule has 1 aromatic rings. The molecule has 0 heterocycles. The third-order valence-corrected chi connectivity index (χ3v) is 2.62. The fourth-order valence-electron chi connectivity index (χ4n) is 1.12. The van der Waals surface area contributed by atoms with E-state index in [0.717, 1.165) is 6.08 Å². The maximum Gasteiger partial charge on any atom is 0.328 e. The van der Waals surface area contributed by atoms with Crippen LogP contribution in [0.1, 0.15) is 17.3 Å². The number of aliphatic carboxylic acids is 1. The Bertz CT molecular complexity index is 478. The molecule has 3 nitrogen and oxygen atoms in total. The van der Waals surface area contributed by atoms with Crippen molar-refractivity contribution in [2.75, 3.05) is 0 Å². The summed E-state index contributed by atoms with van der Waals surface area (Å²) in [6.07, 6.45) is 0.852. The van der Waals surface area contributed by atoms with E-state index in [1.54, 1.807) is 0 Å². The van der Waals surface area contributed by atoms with Gasteiger partial charge in [-0.1, -0.05) is 23.2 Å². The zero-order valence-corrected chi connectivity index (χ0v) is 9.84. The van der Waals surface area contributed by atoms with Gasteiger partial charge in [0.1, 0.15) is 0 Å². The number of benzene rings is 1. The molecular formula is C11H8Cl2O3. The van der Waals surface area contributed by atoms with Gasteiger partial charge in [0.25, 0.3) is 0 Å². The van der Waals surface area contributed by atoms with Crippen LogP contribution in [0.3, 0.4) is 0 Å². The molecule has 0 saturated heterocycles. The molecule has 0 aromatic heterocycles. The maximum absolute atomic E-state index is 11.7. The van der Waals surface area contributed by atoms with Crippen molar-refractivity contribution in [1.29, 1.82) is 0 Å². The van der Waals surface area contributed by atoms with Crippen molar-refractivity contribution in [2.24, 2.45) is 0 Å². The molecule has 0 aliphatic heterocycles. The first-order chi connectivity index (χ1) is 7.41. The molecule has 1 rings (SSSR count). The molecule has 1 N–H and O–H groups in total. The van der Waals surface area contributed by atoms with Crippen molar-refractivity contribution < 1.29 is 14.7 Å². The average Bonchev–Trinajstić information content (AvgIpc) is 2.20. The number of allylic oxidation sites excluding steroid dienone is 1. The second kappa shape index (κ2) is 5.14. The van der Waals surface area contributed by atoms with E-state index in [2.05, 4.69) is 0 Å². The lowest BCUT2D eigenvalue weighted by Crippen LogP contribution is -2.03. The standard InChI is InChI=1S/C11H8Cl2O3/c1-6(4-10(14)15)11(16)7-2-3-8(12)9(13)5-7/h2-5H,1H3,(H,14,15)/b6-4+. The highest BCUT2D eigenvalue weighted by atomic mass is 35.5. The molecule has 0 aliphatic carbocycles. The topological polar surface area (TPSA) is 54.4 Å². The Morgan fingerprint density at radius 2 is 1.88 bits per heavy atom. The summed E-state index contributed by atoms with van der Waals surface area (Å²) in [5.74, 6) is -1.55. The zero-order chi connectivity index (χ0) is 12.3. The van der Waals surface area contributed by atoms with Crippen molar-refractivity contribution in [3.05, 3.63) is 45.5 Å². The van der Waals surface area contributed by atoms with Gasteiger partial charge < -0.3 is 5.11 Å². The minimum absolute atomic E-state index is 0.130. The highest BCUT2D eigenvalue weighted by Gasteiger charge is 2.11. The van der Waals surface area contributed by atoms with Crippen molar-refractivity contribution in [1.82, 2.24) is 0 Å². The van der Waals surface area contributed by atoms with E-state index in [1.165, 1.54) is 25.1 Å². The van der Waals surface area contributed by atoms with E-state index in [4.69, 9.17) is 28.3 Å². The SMILES string of the molecule is C/C(=C\C(=O)O)C(=O)c1ccc(Cl)c(Cl)c1. The predicted molar refractivity (Wildman–Crippen MR) is 62.2 cm³/mol. The van der Waals surface area contributed by atoms with Crippen LogP contribution in [0.2, 0.25) is 10.0 Å². The molecule has 5 heteroatoms. The summed E-state index contributed by atoms with van der Waals surface area (Å²) in [5.41, 5.74) is 0.440. The Labute approximate surface area is 102 Å². The van der Waals surface area contributed by atoms with E-state index < -0.39 is 5.97 Å². The van der Waals surface area contributed by atoms with Gasteiger partial charge in [0, 0.05) is 17.2 Å². The zero-order valence-electron chi connectivity index (χ0n) is 8.33. The maximum atomic E-state index is 11.7. The van der Waals surface area contributed by atoms with Gasteiger partial charge in [-0.3, -0.25) is 4.79 Å². The molecule has 0 spiro atoms. The van der Waals surface area contributed by atoms with Crippen LogP contribution in [0.25, 0.3) is 0 Å². The molecule has 16 heavy (non-hydrogen) atoms. The normalized spacial score (nSPS) is 11.3. The Morgan fingerprint density at radius 1 is 1.25 bits per heavy atom. The lowest BCUT2D eigenvalue weighted by Gasteiger charge is -2.02. The number of carbonyl (C=O) groups excluding carboxylic acids is 1. The molecule has 0 amide bonds. The van der Waals surface area contributed by atoms with Gasteiger partial charge in [0.2, 0.25) is 0 Å². The first kappa shape index (κ1) is 12.7. The number of hydrogen-bond acceptors (Lipinski definition) is 2. The molecule has 0 aliphatic rings. The molecular weight excluding hydrogens is 251 g/mol. The van der Waals surface area contributed by atoms with Gasteiger partial charge in [-0.05, 0) is 25.1 Å². The number of carbonyl (C=O) groups is 2. The molecule has 0 fully saturated rings. The van der Waals surface area contributed by atoms with Crippen LogP contribution >= 0.6 is 23.2 Å². The van der Waals surface area contributed by atoms with Crippen LogP contribution in [0.15, 0.2) is 29.8 Å². The number of carboxylic acid groups (broad SMARTS) is 1. The molecule has 0 bridgehead atoms. The Hall–Kier alpha value is -1.32. The summed E-state index contributed by atoms with van der Waals surface area (Å²) in [7, 11) is 0. The highest BCUT2D eigenvalue weighted by Crippen LogP contribution is 2.23. The summed E-state index contributed by atoms with van der Waals surface area (Å²) in [5, 5.41) is 9.11. The lowest BCUT2D eigenvalue weighted by atomic mass is 10.0. The van der Waals surface area contributed by atoms with Crippen molar-refractivity contribution in [3.63, 3.8) is 0 Å². The van der Waals surface area contributed by atoms with Gasteiger partial charge in [0.05, 0.1) is 10.0 Å². The van der Waals surface area contributed by atoms with Gasteiger partial charge in [0.15, 0.2) is 5.78 Å². The molecule has 84 valence electrons. The van der Waals surface area contributed by atoms with E-state index >= 15 is 0 Å². The summed E-state index contributed by atoms with van der Waals surface area (Å²) < 4.78 is 0. The van der Waals surface area contributed by atoms with Crippen LogP contribution in [0.5, 0.6) is 0 Å². The first-order valence-electron chi connectivity index (χ1n) is 4.33. The van der Waals surface area contributed by atoms with Crippen molar-refractivity contribution in [3.8, 4) is 0 Å². The molecule has 0 saturated carbocycles. The summed E-state index contributed by atoms with van der Waals surface area (Å²) in [6.45, 7) is 1.43. The summed E-state index contributed by atoms with van der Waals surface area (Å²) >= 11 is 11.4. The number of halogens is 2. The fraction of sp³-hybridized carbons (Fsp3) is 0.0909. The van der Waals surface area contributed by atoms with Crippen LogP contribution < -0.4 is 0 Å². The van der Waals surface area contributed by atoms with E-state index in [9.17, 15) is 9.59 Å². The quantitative estimate of drug-likeness (QED) is 0.669. The Morgan fingerprint density at radius 3 is 2.38 bits per heavy atom. The van der Waals surface area contributed by atoms with Gasteiger partial charge in [-0.15, -0.1) is 0 Å². The number of carboxylic acids is 1. The first-order valence-corrected chi connectivity index (χ1v) is 5.08. The van der Waals surface area contributed by atoms with Crippen molar-refractivity contribution in [2.45, 2.75) is 6.92 Å². The van der Waals surface area contributed by atoms with Crippen molar-refractivity contribution >= 4 is 35.0 Å². The van der Waals surface area contributed by atoms with E-state index in [0.29, 0.717) is 10.6 Å². The van der Waals surface area contributed by atoms with Crippen LogP contribution in [-0.4, -0.2) is 16.9 Å². The molecule has 0 unspecified atom stereocenters. The smallest absolute Gasteiger partial charge is 0.328 e. The monoisotopic (exact) mass is 258 g/mol. The summed E-state index contributed by atoms with van der Waals surface area (Å²) in [6, 6.07) is 4.40. The predicted octanol–water partition coefficient (Wildman–Crippen LogP) is 3.21. The highest BCUT2D eigenvalue weighted by molar-refractivity contribution is 6.42. The van der Waals surface area contributed by atoms with Gasteiger partial charge in [-0.2, -0.15) is 0 Å². The third-order valence-electron chi connectivity index (χ3n) is 1.88. The average molecular weight is 259 g/mol. The molecule has 1 aromatic carbocycles. The van der Waals surface area contributed by atoms with Crippen LogP contribution in [-0.2, 0) is 4.79 Å². The van der Waals surface area contributed by atoms with Gasteiger partial charge >= 0.3 is 5.97 Å². The fourth-order valence-corrected chi connectivity index (χ4v) is 1.41. The van der Waals surface area contributed by atoms with Gasteiger partial charge in [-0.25, -0.2) is 4.79 Å². The third kappa shape index (κ3) is 3.08. The number of ketones is 1. The number of rotatable bonds is 3. The Balaban J connectivity index is 3.06. The number of hydrogen-bond donors (Lipinski definition) is 1. The van der Waals surface area contributed by atoms with E-state index in [-0.39, 0.29) is 16.4 Å². The second-order valence-electron chi connectivity index (χ2n) is 3.12. The van der Waals surface area contributed by atoms with E-state index in [1.807, 2.05) is 0 Å².